The van der Waals surface area contributed by atoms with Crippen molar-refractivity contribution in [1.82, 2.24) is 19.1 Å². The molecule has 1 spiro atoms. The molecule has 1 aromatic carbocycles. The molecule has 2 aliphatic heterocycles. The van der Waals surface area contributed by atoms with E-state index in [0.29, 0.717) is 18.0 Å². The summed E-state index contributed by atoms with van der Waals surface area (Å²) in [5, 5.41) is 0. The van der Waals surface area contributed by atoms with Crippen LogP contribution in [0, 0.1) is 0 Å². The van der Waals surface area contributed by atoms with Gasteiger partial charge in [-0.2, -0.15) is 4.31 Å². The number of rotatable bonds is 5. The minimum Gasteiger partial charge on any atom is -0.308 e. The number of hydrogen-bond acceptors (Lipinski definition) is 5. The molecule has 7 heteroatoms. The van der Waals surface area contributed by atoms with Crippen molar-refractivity contribution in [3.63, 3.8) is 0 Å². The van der Waals surface area contributed by atoms with Crippen LogP contribution in [0.25, 0.3) is 0 Å². The van der Waals surface area contributed by atoms with Crippen LogP contribution in [0.2, 0.25) is 0 Å². The Kier molecular flexibility index (Phi) is 4.80. The molecule has 3 heterocycles. The number of fused-ring (bicyclic) bond motifs is 2. The zero-order valence-corrected chi connectivity index (χ0v) is 16.7. The maximum atomic E-state index is 13.3. The van der Waals surface area contributed by atoms with Crippen molar-refractivity contribution in [1.29, 1.82) is 0 Å². The summed E-state index contributed by atoms with van der Waals surface area (Å²) in [6.45, 7) is 3.63. The number of likely N-dealkylation sites (N-methyl/N-ethyl adjacent to an activating group) is 1. The second kappa shape index (κ2) is 6.98. The number of aromatic nitrogens is 1. The monoisotopic (exact) mass is 386 g/mol. The normalized spacial score (nSPS) is 24.7. The number of pyridine rings is 1. The van der Waals surface area contributed by atoms with Crippen molar-refractivity contribution < 1.29 is 8.42 Å². The molecule has 0 aliphatic carbocycles. The number of benzene rings is 1. The van der Waals surface area contributed by atoms with E-state index in [4.69, 9.17) is 0 Å². The van der Waals surface area contributed by atoms with Gasteiger partial charge in [0, 0.05) is 45.1 Å². The molecule has 0 bridgehead atoms. The average molecular weight is 387 g/mol. The first-order chi connectivity index (χ1) is 12.9. The van der Waals surface area contributed by atoms with Gasteiger partial charge in [-0.15, -0.1) is 0 Å². The summed E-state index contributed by atoms with van der Waals surface area (Å²) in [5.41, 5.74) is 1.70. The Labute approximate surface area is 161 Å². The van der Waals surface area contributed by atoms with Crippen LogP contribution in [0.1, 0.15) is 17.5 Å². The van der Waals surface area contributed by atoms with Gasteiger partial charge in [-0.1, -0.05) is 18.2 Å². The molecule has 144 valence electrons. The van der Waals surface area contributed by atoms with Crippen molar-refractivity contribution in [2.75, 3.05) is 40.3 Å². The van der Waals surface area contributed by atoms with Crippen LogP contribution in [-0.2, 0) is 22.1 Å². The zero-order valence-electron chi connectivity index (χ0n) is 15.9. The molecule has 0 amide bonds. The van der Waals surface area contributed by atoms with Crippen molar-refractivity contribution in [3.8, 4) is 0 Å². The Morgan fingerprint density at radius 1 is 1.15 bits per heavy atom. The Hall–Kier alpha value is -1.80. The molecule has 1 saturated heterocycles. The topological polar surface area (TPSA) is 56.8 Å². The van der Waals surface area contributed by atoms with Crippen LogP contribution in [0.4, 0.5) is 0 Å². The first-order valence-electron chi connectivity index (χ1n) is 9.32. The van der Waals surface area contributed by atoms with Gasteiger partial charge < -0.3 is 4.90 Å². The lowest BCUT2D eigenvalue weighted by Gasteiger charge is -2.35. The molecule has 0 saturated carbocycles. The van der Waals surface area contributed by atoms with Gasteiger partial charge in [0.15, 0.2) is 0 Å². The number of likely N-dealkylation sites (tertiary alicyclic amines) is 1. The fourth-order valence-corrected chi connectivity index (χ4v) is 6.41. The zero-order chi connectivity index (χ0) is 19.1. The van der Waals surface area contributed by atoms with E-state index in [1.54, 1.807) is 22.8 Å². The fraction of sp³-hybridized carbons (Fsp3) is 0.450. The second-order valence-electron chi connectivity index (χ2n) is 7.72. The van der Waals surface area contributed by atoms with E-state index in [-0.39, 0.29) is 0 Å². The summed E-state index contributed by atoms with van der Waals surface area (Å²) < 4.78 is 28.4. The number of nitrogens with zero attached hydrogens (tertiary/aromatic N) is 4. The lowest BCUT2D eigenvalue weighted by molar-refractivity contribution is 0.178. The molecule has 6 nitrogen and oxygen atoms in total. The smallest absolute Gasteiger partial charge is 0.244 e. The van der Waals surface area contributed by atoms with Gasteiger partial charge in [0.25, 0.3) is 0 Å². The summed E-state index contributed by atoms with van der Waals surface area (Å²) in [7, 11) is 0.498. The third kappa shape index (κ3) is 3.18. The highest BCUT2D eigenvalue weighted by molar-refractivity contribution is 7.89. The van der Waals surface area contributed by atoms with Crippen molar-refractivity contribution in [2.45, 2.75) is 23.4 Å². The van der Waals surface area contributed by atoms with Gasteiger partial charge in [0.1, 0.15) is 0 Å². The lowest BCUT2D eigenvalue weighted by atomic mass is 9.89. The van der Waals surface area contributed by atoms with E-state index < -0.39 is 15.6 Å². The van der Waals surface area contributed by atoms with Gasteiger partial charge in [0.05, 0.1) is 10.4 Å². The predicted octanol–water partition coefficient (Wildman–Crippen LogP) is 1.75. The molecule has 2 aliphatic rings. The number of sulfonamides is 1. The number of hydrogen-bond donors (Lipinski definition) is 0. The fourth-order valence-electron chi connectivity index (χ4n) is 4.36. The molecule has 0 radical (unpaired) electrons. The summed E-state index contributed by atoms with van der Waals surface area (Å²) in [6, 6.07) is 11.6. The maximum absolute atomic E-state index is 13.3. The van der Waals surface area contributed by atoms with Gasteiger partial charge in [-0.25, -0.2) is 8.42 Å². The Morgan fingerprint density at radius 3 is 2.63 bits per heavy atom. The van der Waals surface area contributed by atoms with E-state index >= 15 is 0 Å². The largest absolute Gasteiger partial charge is 0.308 e. The van der Waals surface area contributed by atoms with E-state index in [1.807, 2.05) is 49.3 Å². The summed E-state index contributed by atoms with van der Waals surface area (Å²) in [4.78, 5) is 8.96. The SMILES string of the molecule is CN(C)CCN1[C@@]2(CCN(Cc3ccncc3)C2)c2ccccc2S1(=O)=O. The first-order valence-corrected chi connectivity index (χ1v) is 10.8. The van der Waals surface area contributed by atoms with E-state index in [0.717, 1.165) is 31.6 Å². The van der Waals surface area contributed by atoms with Crippen LogP contribution < -0.4 is 0 Å². The Bertz CT molecular complexity index is 917. The summed E-state index contributed by atoms with van der Waals surface area (Å²) in [5.74, 6) is 0. The molecule has 0 unspecified atom stereocenters. The highest BCUT2D eigenvalue weighted by Crippen LogP contribution is 2.49. The molecule has 1 atom stereocenters. The quantitative estimate of drug-likeness (QED) is 0.784. The van der Waals surface area contributed by atoms with E-state index in [2.05, 4.69) is 9.88 Å². The minimum atomic E-state index is -3.46. The van der Waals surface area contributed by atoms with Crippen LogP contribution in [0.15, 0.2) is 53.7 Å². The summed E-state index contributed by atoms with van der Waals surface area (Å²) in [6.07, 6.45) is 4.43. The average Bonchev–Trinajstić information content (AvgIpc) is 3.13. The van der Waals surface area contributed by atoms with E-state index in [1.165, 1.54) is 5.56 Å². The minimum absolute atomic E-state index is 0.460. The molecule has 0 N–H and O–H groups in total. The van der Waals surface area contributed by atoms with Crippen LogP contribution in [-0.4, -0.2) is 67.8 Å². The maximum Gasteiger partial charge on any atom is 0.244 e. The van der Waals surface area contributed by atoms with Gasteiger partial charge in [-0.05, 0) is 49.8 Å². The Balaban J connectivity index is 1.68. The first kappa shape index (κ1) is 18.6. The molecular weight excluding hydrogens is 360 g/mol. The van der Waals surface area contributed by atoms with Crippen LogP contribution in [0.5, 0.6) is 0 Å². The lowest BCUT2D eigenvalue weighted by Crippen LogP contribution is -2.48. The van der Waals surface area contributed by atoms with Crippen molar-refractivity contribution in [2.24, 2.45) is 0 Å². The van der Waals surface area contributed by atoms with Gasteiger partial charge >= 0.3 is 0 Å². The second-order valence-corrected chi connectivity index (χ2v) is 9.56. The van der Waals surface area contributed by atoms with Crippen LogP contribution in [0.3, 0.4) is 0 Å². The predicted molar refractivity (Wildman–Crippen MR) is 105 cm³/mol. The third-order valence-electron chi connectivity index (χ3n) is 5.67. The van der Waals surface area contributed by atoms with Crippen molar-refractivity contribution in [3.05, 3.63) is 59.9 Å². The highest BCUT2D eigenvalue weighted by Gasteiger charge is 2.56. The highest BCUT2D eigenvalue weighted by atomic mass is 32.2. The van der Waals surface area contributed by atoms with Crippen LogP contribution >= 0.6 is 0 Å². The molecule has 27 heavy (non-hydrogen) atoms. The molecule has 1 fully saturated rings. The Morgan fingerprint density at radius 2 is 1.89 bits per heavy atom. The molecular formula is C20H26N4O2S. The third-order valence-corrected chi connectivity index (χ3v) is 7.69. The van der Waals surface area contributed by atoms with Gasteiger partial charge in [-0.3, -0.25) is 9.88 Å². The van der Waals surface area contributed by atoms with Gasteiger partial charge in [0.2, 0.25) is 10.0 Å². The standard InChI is InChI=1S/C20H26N4O2S/c1-22(2)13-14-24-20(18-5-3-4-6-19(18)27(24,25)26)9-12-23(16-20)15-17-7-10-21-11-8-17/h3-8,10-11H,9,12-16H2,1-2H3/t20-/m1/s1. The molecule has 1 aromatic heterocycles. The summed E-state index contributed by atoms with van der Waals surface area (Å²) >= 11 is 0. The molecule has 4 rings (SSSR count). The van der Waals surface area contributed by atoms with E-state index in [9.17, 15) is 8.42 Å². The van der Waals surface area contributed by atoms with Crippen molar-refractivity contribution >= 4 is 10.0 Å². The molecule has 2 aromatic rings.